The van der Waals surface area contributed by atoms with Gasteiger partial charge in [-0.3, -0.25) is 19.7 Å². The molecule has 0 radical (unpaired) electrons. The molecule has 4 aromatic carbocycles. The molecule has 36 heavy (non-hydrogen) atoms. The standard InChI is InChI=1S/C28H22BrN3O4/c1-14-8-9-23(17(4)10-14)31-27(33)19-7-5-6-18-25(19)20(28(31)34)13-24(32(35)36)26(18)30-22-12-16(3)15(2)11-21(22)29/h5-13,30H,1-4H3. The van der Waals surface area contributed by atoms with Crippen LogP contribution in [0.2, 0.25) is 0 Å². The van der Waals surface area contributed by atoms with Crippen LogP contribution >= 0.6 is 15.9 Å². The van der Waals surface area contributed by atoms with Gasteiger partial charge in [0.05, 0.1) is 21.9 Å². The second kappa shape index (κ2) is 8.57. The number of nitro benzene ring substituents is 1. The van der Waals surface area contributed by atoms with Crippen LogP contribution in [0.5, 0.6) is 0 Å². The smallest absolute Gasteiger partial charge is 0.294 e. The number of aryl methyl sites for hydroxylation is 4. The molecule has 0 aliphatic carbocycles. The molecule has 0 spiro atoms. The Morgan fingerprint density at radius 2 is 1.56 bits per heavy atom. The minimum atomic E-state index is -0.585. The highest BCUT2D eigenvalue weighted by molar-refractivity contribution is 9.10. The summed E-state index contributed by atoms with van der Waals surface area (Å²) >= 11 is 3.54. The van der Waals surface area contributed by atoms with E-state index in [-0.39, 0.29) is 16.9 Å². The van der Waals surface area contributed by atoms with Crippen LogP contribution in [0.25, 0.3) is 10.8 Å². The van der Waals surface area contributed by atoms with Crippen LogP contribution in [-0.2, 0) is 0 Å². The highest BCUT2D eigenvalue weighted by Crippen LogP contribution is 2.43. The molecule has 0 saturated carbocycles. The maximum absolute atomic E-state index is 13.7. The number of nitro groups is 1. The van der Waals surface area contributed by atoms with E-state index in [4.69, 9.17) is 0 Å². The third kappa shape index (κ3) is 3.65. The number of carbonyl (C=O) groups is 2. The molecule has 1 aliphatic heterocycles. The van der Waals surface area contributed by atoms with Crippen molar-refractivity contribution < 1.29 is 14.5 Å². The van der Waals surface area contributed by atoms with Crippen molar-refractivity contribution in [2.24, 2.45) is 0 Å². The third-order valence-corrected chi connectivity index (χ3v) is 7.30. The van der Waals surface area contributed by atoms with E-state index < -0.39 is 16.7 Å². The van der Waals surface area contributed by atoms with Gasteiger partial charge in [0.25, 0.3) is 17.5 Å². The molecule has 7 nitrogen and oxygen atoms in total. The summed E-state index contributed by atoms with van der Waals surface area (Å²) in [6.45, 7) is 7.69. The van der Waals surface area contributed by atoms with E-state index in [1.807, 2.05) is 52.0 Å². The van der Waals surface area contributed by atoms with E-state index in [0.29, 0.717) is 27.7 Å². The predicted octanol–water partition coefficient (Wildman–Crippen LogP) is 7.29. The zero-order valence-electron chi connectivity index (χ0n) is 20.1. The summed E-state index contributed by atoms with van der Waals surface area (Å²) in [5.41, 5.74) is 5.37. The van der Waals surface area contributed by atoms with Crippen molar-refractivity contribution in [3.8, 4) is 0 Å². The normalized spacial score (nSPS) is 12.9. The van der Waals surface area contributed by atoms with Gasteiger partial charge < -0.3 is 5.32 Å². The summed E-state index contributed by atoms with van der Waals surface area (Å²) in [6.07, 6.45) is 0. The Labute approximate surface area is 216 Å². The van der Waals surface area contributed by atoms with Crippen LogP contribution in [0.3, 0.4) is 0 Å². The molecule has 0 bridgehead atoms. The van der Waals surface area contributed by atoms with Crippen molar-refractivity contribution in [3.63, 3.8) is 0 Å². The molecule has 0 aromatic heterocycles. The van der Waals surface area contributed by atoms with Gasteiger partial charge in [0.2, 0.25) is 0 Å². The first-order chi connectivity index (χ1) is 17.1. The molecule has 0 saturated heterocycles. The van der Waals surface area contributed by atoms with Crippen molar-refractivity contribution >= 4 is 61.3 Å². The van der Waals surface area contributed by atoms with Crippen LogP contribution in [-0.4, -0.2) is 16.7 Å². The molecule has 1 N–H and O–H groups in total. The van der Waals surface area contributed by atoms with Crippen LogP contribution < -0.4 is 10.2 Å². The number of amides is 2. The molecule has 0 unspecified atom stereocenters. The maximum Gasteiger partial charge on any atom is 0.294 e. The summed E-state index contributed by atoms with van der Waals surface area (Å²) in [7, 11) is 0. The number of hydrogen-bond acceptors (Lipinski definition) is 5. The van der Waals surface area contributed by atoms with Crippen molar-refractivity contribution in [1.82, 2.24) is 0 Å². The Balaban J connectivity index is 1.76. The third-order valence-electron chi connectivity index (χ3n) is 6.64. The molecule has 0 atom stereocenters. The lowest BCUT2D eigenvalue weighted by atomic mass is 9.91. The van der Waals surface area contributed by atoms with Crippen molar-refractivity contribution in [1.29, 1.82) is 0 Å². The fourth-order valence-electron chi connectivity index (χ4n) is 4.71. The van der Waals surface area contributed by atoms with E-state index >= 15 is 0 Å². The van der Waals surface area contributed by atoms with E-state index in [9.17, 15) is 19.7 Å². The second-order valence-electron chi connectivity index (χ2n) is 9.08. The summed E-state index contributed by atoms with van der Waals surface area (Å²) in [5, 5.41) is 16.2. The van der Waals surface area contributed by atoms with Crippen molar-refractivity contribution in [2.75, 3.05) is 10.2 Å². The first-order valence-electron chi connectivity index (χ1n) is 11.3. The number of benzene rings is 4. The number of imide groups is 1. The molecule has 2 amide bonds. The number of halogens is 1. The minimum absolute atomic E-state index is 0.122. The number of carbonyl (C=O) groups excluding carboxylic acids is 2. The van der Waals surface area contributed by atoms with Crippen LogP contribution in [0.1, 0.15) is 43.0 Å². The lowest BCUT2D eigenvalue weighted by Gasteiger charge is -2.29. The average molecular weight is 544 g/mol. The van der Waals surface area contributed by atoms with Gasteiger partial charge in [-0.1, -0.05) is 29.8 Å². The first-order valence-corrected chi connectivity index (χ1v) is 12.1. The van der Waals surface area contributed by atoms with Crippen LogP contribution in [0.4, 0.5) is 22.7 Å². The number of nitrogens with zero attached hydrogens (tertiary/aromatic N) is 2. The predicted molar refractivity (Wildman–Crippen MR) is 145 cm³/mol. The highest BCUT2D eigenvalue weighted by Gasteiger charge is 2.37. The quantitative estimate of drug-likeness (QED) is 0.166. The molecule has 0 fully saturated rings. The molecule has 1 aliphatic rings. The van der Waals surface area contributed by atoms with Gasteiger partial charge in [-0.05, 0) is 84.6 Å². The molecular weight excluding hydrogens is 522 g/mol. The monoisotopic (exact) mass is 543 g/mol. The molecular formula is C28H22BrN3O4. The van der Waals surface area contributed by atoms with E-state index in [1.54, 1.807) is 24.3 Å². The van der Waals surface area contributed by atoms with E-state index in [2.05, 4.69) is 21.2 Å². The van der Waals surface area contributed by atoms with Gasteiger partial charge in [0, 0.05) is 26.9 Å². The number of nitrogens with one attached hydrogen (secondary N) is 1. The maximum atomic E-state index is 13.7. The molecule has 4 aromatic rings. The molecule has 8 heteroatoms. The summed E-state index contributed by atoms with van der Waals surface area (Å²) in [6, 6.07) is 15.6. The van der Waals surface area contributed by atoms with Gasteiger partial charge in [-0.15, -0.1) is 0 Å². The Bertz CT molecular complexity index is 1640. The zero-order valence-corrected chi connectivity index (χ0v) is 21.7. The summed E-state index contributed by atoms with van der Waals surface area (Å²) in [4.78, 5) is 40.1. The van der Waals surface area contributed by atoms with Gasteiger partial charge >= 0.3 is 0 Å². The number of anilines is 3. The van der Waals surface area contributed by atoms with E-state index in [0.717, 1.165) is 31.6 Å². The first kappa shape index (κ1) is 23.7. The van der Waals surface area contributed by atoms with Gasteiger partial charge in [-0.2, -0.15) is 0 Å². The van der Waals surface area contributed by atoms with Gasteiger partial charge in [0.1, 0.15) is 5.69 Å². The Morgan fingerprint density at radius 3 is 2.25 bits per heavy atom. The van der Waals surface area contributed by atoms with Gasteiger partial charge in [-0.25, -0.2) is 4.90 Å². The highest BCUT2D eigenvalue weighted by atomic mass is 79.9. The fourth-order valence-corrected chi connectivity index (χ4v) is 5.27. The average Bonchev–Trinajstić information content (AvgIpc) is 2.82. The molecule has 180 valence electrons. The van der Waals surface area contributed by atoms with Crippen LogP contribution in [0.15, 0.2) is 59.1 Å². The van der Waals surface area contributed by atoms with E-state index in [1.165, 1.54) is 6.07 Å². The number of rotatable bonds is 4. The SMILES string of the molecule is Cc1ccc(N2C(=O)c3cccc4c(Nc5cc(C)c(C)cc5Br)c([N+](=O)[O-])cc(c34)C2=O)c(C)c1. The second-order valence-corrected chi connectivity index (χ2v) is 9.93. The molecule has 5 rings (SSSR count). The Hall–Kier alpha value is -4.04. The topological polar surface area (TPSA) is 92.6 Å². The summed E-state index contributed by atoms with van der Waals surface area (Å²) in [5.74, 6) is -1.05. The zero-order chi connectivity index (χ0) is 25.9. The minimum Gasteiger partial charge on any atom is -0.348 e. The lowest BCUT2D eigenvalue weighted by molar-refractivity contribution is -0.383. The fraction of sp³-hybridized carbons (Fsp3) is 0.143. The Kier molecular flexibility index (Phi) is 5.64. The molecule has 1 heterocycles. The summed E-state index contributed by atoms with van der Waals surface area (Å²) < 4.78 is 0.744. The Morgan fingerprint density at radius 1 is 0.861 bits per heavy atom. The number of hydrogen-bond donors (Lipinski definition) is 1. The van der Waals surface area contributed by atoms with Crippen LogP contribution in [0, 0.1) is 37.8 Å². The van der Waals surface area contributed by atoms with Crippen molar-refractivity contribution in [3.05, 3.63) is 103 Å². The van der Waals surface area contributed by atoms with Crippen molar-refractivity contribution in [2.45, 2.75) is 27.7 Å². The van der Waals surface area contributed by atoms with Gasteiger partial charge in [0.15, 0.2) is 0 Å². The lowest BCUT2D eigenvalue weighted by Crippen LogP contribution is -2.41. The largest absolute Gasteiger partial charge is 0.348 e.